The maximum Gasteiger partial charge on any atom is 0.234 e. The number of rotatable bonds is 6. The lowest BCUT2D eigenvalue weighted by Gasteiger charge is -2.18. The number of carbonyl (C=O) groups excluding carboxylic acids is 1. The number of aryl methyl sites for hydroxylation is 1. The second kappa shape index (κ2) is 7.66. The van der Waals surface area contributed by atoms with Gasteiger partial charge in [0.15, 0.2) is 0 Å². The van der Waals surface area contributed by atoms with Gasteiger partial charge in [0.1, 0.15) is 0 Å². The summed E-state index contributed by atoms with van der Waals surface area (Å²) in [4.78, 5) is 13.7. The van der Waals surface area contributed by atoms with Crippen molar-refractivity contribution in [2.45, 2.75) is 27.3 Å². The highest BCUT2D eigenvalue weighted by Gasteiger charge is 2.09. The van der Waals surface area contributed by atoms with Crippen LogP contribution in [0.2, 0.25) is 0 Å². The molecule has 0 unspecified atom stereocenters. The molecule has 0 heterocycles. The van der Waals surface area contributed by atoms with Gasteiger partial charge < -0.3 is 5.32 Å². The van der Waals surface area contributed by atoms with Crippen LogP contribution in [-0.2, 0) is 11.3 Å². The summed E-state index contributed by atoms with van der Waals surface area (Å²) >= 11 is 0. The Morgan fingerprint density at radius 1 is 1.45 bits per heavy atom. The van der Waals surface area contributed by atoms with Crippen LogP contribution in [0.1, 0.15) is 30.5 Å². The Morgan fingerprint density at radius 2 is 2.15 bits per heavy atom. The third-order valence-corrected chi connectivity index (χ3v) is 3.03. The van der Waals surface area contributed by atoms with E-state index in [-0.39, 0.29) is 5.91 Å². The first kappa shape index (κ1) is 16.2. The third-order valence-electron chi connectivity index (χ3n) is 3.03. The van der Waals surface area contributed by atoms with Crippen LogP contribution in [0.15, 0.2) is 18.2 Å². The van der Waals surface area contributed by atoms with E-state index >= 15 is 0 Å². The lowest BCUT2D eigenvalue weighted by atomic mass is 10.1. The zero-order valence-electron chi connectivity index (χ0n) is 12.7. The molecule has 1 amide bonds. The fourth-order valence-electron chi connectivity index (χ4n) is 1.91. The van der Waals surface area contributed by atoms with Crippen LogP contribution < -0.4 is 5.32 Å². The first-order chi connectivity index (χ1) is 9.42. The molecule has 0 bridgehead atoms. The number of likely N-dealkylation sites (N-methyl/N-ethyl adjacent to an activating group) is 1. The molecule has 0 aliphatic heterocycles. The number of benzene rings is 1. The summed E-state index contributed by atoms with van der Waals surface area (Å²) in [5.41, 5.74) is 2.89. The SMILES string of the molecule is Cc1cc(C#N)ccc1CN(C)CC(=O)NCC(C)C. The quantitative estimate of drug-likeness (QED) is 0.863. The molecule has 0 saturated carbocycles. The van der Waals surface area contributed by atoms with Crippen LogP contribution in [0, 0.1) is 24.2 Å². The van der Waals surface area contributed by atoms with Crippen LogP contribution in [0.25, 0.3) is 0 Å². The number of hydrogen-bond acceptors (Lipinski definition) is 3. The zero-order valence-corrected chi connectivity index (χ0v) is 12.7. The smallest absolute Gasteiger partial charge is 0.234 e. The molecule has 0 spiro atoms. The van der Waals surface area contributed by atoms with Crippen molar-refractivity contribution in [3.8, 4) is 6.07 Å². The fraction of sp³-hybridized carbons (Fsp3) is 0.500. The van der Waals surface area contributed by atoms with E-state index in [4.69, 9.17) is 5.26 Å². The van der Waals surface area contributed by atoms with Crippen molar-refractivity contribution >= 4 is 5.91 Å². The van der Waals surface area contributed by atoms with Crippen molar-refractivity contribution in [2.75, 3.05) is 20.1 Å². The van der Waals surface area contributed by atoms with E-state index in [0.29, 0.717) is 31.1 Å². The van der Waals surface area contributed by atoms with Crippen LogP contribution in [0.5, 0.6) is 0 Å². The van der Waals surface area contributed by atoms with E-state index in [1.165, 1.54) is 0 Å². The second-order valence-corrected chi connectivity index (χ2v) is 5.62. The summed E-state index contributed by atoms with van der Waals surface area (Å²) in [5, 5.41) is 11.8. The van der Waals surface area contributed by atoms with E-state index in [1.807, 2.05) is 37.1 Å². The molecule has 0 aliphatic rings. The van der Waals surface area contributed by atoms with Gasteiger partial charge in [0, 0.05) is 13.1 Å². The lowest BCUT2D eigenvalue weighted by molar-refractivity contribution is -0.122. The first-order valence-corrected chi connectivity index (χ1v) is 6.87. The summed E-state index contributed by atoms with van der Waals surface area (Å²) in [6, 6.07) is 7.78. The molecule has 108 valence electrons. The van der Waals surface area contributed by atoms with E-state index in [9.17, 15) is 4.79 Å². The maximum absolute atomic E-state index is 11.7. The molecular weight excluding hydrogens is 250 g/mol. The van der Waals surface area contributed by atoms with Crippen LogP contribution in [-0.4, -0.2) is 30.9 Å². The molecule has 1 rings (SSSR count). The van der Waals surface area contributed by atoms with Gasteiger partial charge in [0.25, 0.3) is 0 Å². The zero-order chi connectivity index (χ0) is 15.1. The van der Waals surface area contributed by atoms with Gasteiger partial charge in [-0.25, -0.2) is 0 Å². The molecule has 0 aliphatic carbocycles. The van der Waals surface area contributed by atoms with Crippen molar-refractivity contribution in [3.05, 3.63) is 34.9 Å². The highest BCUT2D eigenvalue weighted by molar-refractivity contribution is 5.77. The van der Waals surface area contributed by atoms with Gasteiger partial charge in [-0.2, -0.15) is 5.26 Å². The molecule has 0 atom stereocenters. The average Bonchev–Trinajstić information content (AvgIpc) is 2.38. The average molecular weight is 273 g/mol. The molecular formula is C16H23N3O. The minimum atomic E-state index is 0.0486. The number of hydrogen-bond donors (Lipinski definition) is 1. The van der Waals surface area contributed by atoms with Gasteiger partial charge in [-0.1, -0.05) is 19.9 Å². The second-order valence-electron chi connectivity index (χ2n) is 5.62. The van der Waals surface area contributed by atoms with Gasteiger partial charge >= 0.3 is 0 Å². The maximum atomic E-state index is 11.7. The summed E-state index contributed by atoms with van der Waals surface area (Å²) in [5.74, 6) is 0.512. The Kier molecular flexibility index (Phi) is 6.20. The monoisotopic (exact) mass is 273 g/mol. The molecule has 0 radical (unpaired) electrons. The summed E-state index contributed by atoms with van der Waals surface area (Å²) < 4.78 is 0. The Labute approximate surface area is 121 Å². The van der Waals surface area contributed by atoms with Gasteiger partial charge in [0.05, 0.1) is 18.2 Å². The van der Waals surface area contributed by atoms with Gasteiger partial charge in [0.2, 0.25) is 5.91 Å². The fourth-order valence-corrected chi connectivity index (χ4v) is 1.91. The lowest BCUT2D eigenvalue weighted by Crippen LogP contribution is -2.36. The van der Waals surface area contributed by atoms with Crippen molar-refractivity contribution in [2.24, 2.45) is 5.92 Å². The largest absolute Gasteiger partial charge is 0.355 e. The van der Waals surface area contributed by atoms with Crippen molar-refractivity contribution < 1.29 is 4.79 Å². The first-order valence-electron chi connectivity index (χ1n) is 6.87. The molecule has 1 aromatic rings. The topological polar surface area (TPSA) is 56.1 Å². The summed E-state index contributed by atoms with van der Waals surface area (Å²) in [7, 11) is 1.92. The number of amides is 1. The van der Waals surface area contributed by atoms with Crippen molar-refractivity contribution in [3.63, 3.8) is 0 Å². The highest BCUT2D eigenvalue weighted by Crippen LogP contribution is 2.12. The van der Waals surface area contributed by atoms with Gasteiger partial charge in [-0.15, -0.1) is 0 Å². The van der Waals surface area contributed by atoms with E-state index in [2.05, 4.69) is 25.2 Å². The molecule has 20 heavy (non-hydrogen) atoms. The summed E-state index contributed by atoms with van der Waals surface area (Å²) in [6.45, 7) is 7.93. The van der Waals surface area contributed by atoms with E-state index in [0.717, 1.165) is 11.1 Å². The van der Waals surface area contributed by atoms with Gasteiger partial charge in [-0.3, -0.25) is 9.69 Å². The third kappa shape index (κ3) is 5.41. The minimum Gasteiger partial charge on any atom is -0.355 e. The van der Waals surface area contributed by atoms with Crippen molar-refractivity contribution in [1.29, 1.82) is 5.26 Å². The number of nitrogens with one attached hydrogen (secondary N) is 1. The van der Waals surface area contributed by atoms with Crippen LogP contribution >= 0.6 is 0 Å². The Bertz CT molecular complexity index is 503. The number of carbonyl (C=O) groups is 1. The standard InChI is InChI=1S/C16H23N3O/c1-12(2)9-18-16(20)11-19(4)10-15-6-5-14(8-17)7-13(15)3/h5-7,12H,9-11H2,1-4H3,(H,18,20). The van der Waals surface area contributed by atoms with Gasteiger partial charge in [-0.05, 0) is 43.1 Å². The predicted octanol–water partition coefficient (Wildman–Crippen LogP) is 2.07. The van der Waals surface area contributed by atoms with Crippen LogP contribution in [0.3, 0.4) is 0 Å². The van der Waals surface area contributed by atoms with E-state index in [1.54, 1.807) is 0 Å². The minimum absolute atomic E-state index is 0.0486. The highest BCUT2D eigenvalue weighted by atomic mass is 16.2. The van der Waals surface area contributed by atoms with Crippen LogP contribution in [0.4, 0.5) is 0 Å². The number of nitrogens with zero attached hydrogens (tertiary/aromatic N) is 2. The number of nitriles is 1. The molecule has 0 saturated heterocycles. The van der Waals surface area contributed by atoms with Crippen molar-refractivity contribution in [1.82, 2.24) is 10.2 Å². The molecule has 0 aromatic heterocycles. The molecule has 4 nitrogen and oxygen atoms in total. The molecule has 4 heteroatoms. The predicted molar refractivity (Wildman–Crippen MR) is 80.1 cm³/mol. The van der Waals surface area contributed by atoms with E-state index < -0.39 is 0 Å². The normalized spacial score (nSPS) is 10.7. The Morgan fingerprint density at radius 3 is 2.70 bits per heavy atom. The molecule has 1 aromatic carbocycles. The molecule has 0 fully saturated rings. The Hall–Kier alpha value is -1.86. The summed E-state index contributed by atoms with van der Waals surface area (Å²) in [6.07, 6.45) is 0. The molecule has 1 N–H and O–H groups in total. The Balaban J connectivity index is 2.52.